The second kappa shape index (κ2) is 8.90. The summed E-state index contributed by atoms with van der Waals surface area (Å²) in [6, 6.07) is -0.164. The number of rotatable bonds is 8. The van der Waals surface area contributed by atoms with E-state index in [1.807, 2.05) is 11.5 Å². The Morgan fingerprint density at radius 3 is 2.63 bits per heavy atom. The van der Waals surface area contributed by atoms with E-state index in [2.05, 4.69) is 5.10 Å². The van der Waals surface area contributed by atoms with Gasteiger partial charge in [0.2, 0.25) is 0 Å². The number of hydrogen-bond donors (Lipinski definition) is 4. The smallest absolute Gasteiger partial charge is 0.332 e. The molecule has 104 valence electrons. The summed E-state index contributed by atoms with van der Waals surface area (Å²) in [5.74, 6) is -1.67. The van der Waals surface area contributed by atoms with Crippen LogP contribution in [0.15, 0.2) is 5.10 Å². The Bertz CT molecular complexity index is 419. The molecule has 0 saturated carbocycles. The molecule has 0 aromatic heterocycles. The van der Waals surface area contributed by atoms with Crippen molar-refractivity contribution in [3.63, 3.8) is 0 Å². The number of carboxylic acids is 1. The molecule has 2 atom stereocenters. The van der Waals surface area contributed by atoms with Gasteiger partial charge in [-0.1, -0.05) is 0 Å². The molecule has 0 fully saturated rings. The average molecular weight is 287 g/mol. The Morgan fingerprint density at radius 2 is 2.16 bits per heavy atom. The fourth-order valence-corrected chi connectivity index (χ4v) is 1.78. The third-order valence-corrected chi connectivity index (χ3v) is 2.93. The highest BCUT2D eigenvalue weighted by molar-refractivity contribution is 8.00. The first kappa shape index (κ1) is 16.9. The summed E-state index contributed by atoms with van der Waals surface area (Å²) in [6.07, 6.45) is 0.657. The first-order chi connectivity index (χ1) is 8.86. The van der Waals surface area contributed by atoms with Crippen LogP contribution in [-0.4, -0.2) is 46.1 Å². The minimum Gasteiger partial charge on any atom is -0.480 e. The molecule has 19 heavy (non-hydrogen) atoms. The Kier molecular flexibility index (Phi) is 7.90. The summed E-state index contributed by atoms with van der Waals surface area (Å²) in [7, 11) is 0. The van der Waals surface area contributed by atoms with Gasteiger partial charge in [-0.25, -0.2) is 10.2 Å². The van der Waals surface area contributed by atoms with Crippen molar-refractivity contribution < 1.29 is 19.5 Å². The molecular formula is C9H13N5O4S. The van der Waals surface area contributed by atoms with Crippen LogP contribution in [0.1, 0.15) is 6.42 Å². The van der Waals surface area contributed by atoms with E-state index in [0.717, 1.165) is 18.0 Å². The van der Waals surface area contributed by atoms with Gasteiger partial charge in [0, 0.05) is 12.2 Å². The van der Waals surface area contributed by atoms with Gasteiger partial charge >= 0.3 is 12.0 Å². The van der Waals surface area contributed by atoms with Gasteiger partial charge in [0.05, 0.1) is 17.5 Å². The van der Waals surface area contributed by atoms with Crippen molar-refractivity contribution in [3.8, 4) is 6.07 Å². The number of nitrogens with two attached hydrogens (primary N) is 2. The number of nitriles is 1. The van der Waals surface area contributed by atoms with E-state index in [0.29, 0.717) is 0 Å². The van der Waals surface area contributed by atoms with Crippen LogP contribution in [0.2, 0.25) is 0 Å². The second-order valence-corrected chi connectivity index (χ2v) is 4.54. The summed E-state index contributed by atoms with van der Waals surface area (Å²) in [4.78, 5) is 32.0. The van der Waals surface area contributed by atoms with Crippen molar-refractivity contribution in [2.24, 2.45) is 16.6 Å². The molecule has 0 aliphatic rings. The summed E-state index contributed by atoms with van der Waals surface area (Å²) in [5.41, 5.74) is 11.8. The largest absolute Gasteiger partial charge is 0.480 e. The number of urea groups is 1. The van der Waals surface area contributed by atoms with Crippen molar-refractivity contribution in [1.82, 2.24) is 5.43 Å². The van der Waals surface area contributed by atoms with Gasteiger partial charge in [-0.05, 0) is 0 Å². The summed E-state index contributed by atoms with van der Waals surface area (Å²) in [6.45, 7) is 0. The number of amides is 2. The number of carbonyl (C=O) groups is 3. The first-order valence-corrected chi connectivity index (χ1v) is 6.02. The topological polar surface area (TPSA) is 172 Å². The zero-order chi connectivity index (χ0) is 14.8. The van der Waals surface area contributed by atoms with Gasteiger partial charge < -0.3 is 16.6 Å². The fourth-order valence-electron chi connectivity index (χ4n) is 0.836. The molecule has 0 aromatic carbocycles. The van der Waals surface area contributed by atoms with Crippen molar-refractivity contribution in [3.05, 3.63) is 0 Å². The van der Waals surface area contributed by atoms with E-state index < -0.39 is 29.1 Å². The summed E-state index contributed by atoms with van der Waals surface area (Å²) < 4.78 is 0. The minimum absolute atomic E-state index is 0.0114. The number of carbonyl (C=O) groups excluding carboxylic acids is 2. The second-order valence-electron chi connectivity index (χ2n) is 3.30. The highest BCUT2D eigenvalue weighted by Gasteiger charge is 2.17. The SMILES string of the molecule is N#C[C@@H](CC(=O)/C=N\NC(N)=O)SC[C@@H](N)C(=O)O. The Balaban J connectivity index is 4.16. The molecule has 0 bridgehead atoms. The van der Waals surface area contributed by atoms with Crippen molar-refractivity contribution in [2.45, 2.75) is 17.7 Å². The average Bonchev–Trinajstić information content (AvgIpc) is 2.33. The number of hydrazone groups is 1. The third kappa shape index (κ3) is 8.58. The van der Waals surface area contributed by atoms with Gasteiger partial charge in [-0.2, -0.15) is 10.4 Å². The van der Waals surface area contributed by atoms with Gasteiger partial charge in [0.25, 0.3) is 0 Å². The molecule has 0 aromatic rings. The number of thioether (sulfide) groups is 1. The van der Waals surface area contributed by atoms with Crippen LogP contribution in [-0.2, 0) is 9.59 Å². The number of hydrogen-bond acceptors (Lipinski definition) is 7. The number of primary amides is 1. The van der Waals surface area contributed by atoms with Crippen LogP contribution < -0.4 is 16.9 Å². The predicted molar refractivity (Wildman–Crippen MR) is 68.3 cm³/mol. The van der Waals surface area contributed by atoms with Crippen LogP contribution in [0.5, 0.6) is 0 Å². The Morgan fingerprint density at radius 1 is 1.53 bits per heavy atom. The molecule has 6 N–H and O–H groups in total. The van der Waals surface area contributed by atoms with E-state index in [1.165, 1.54) is 0 Å². The zero-order valence-corrected chi connectivity index (χ0v) is 10.6. The zero-order valence-electron chi connectivity index (χ0n) is 9.78. The monoisotopic (exact) mass is 287 g/mol. The molecule has 0 spiro atoms. The Labute approximate surface area is 113 Å². The first-order valence-electron chi connectivity index (χ1n) is 4.97. The van der Waals surface area contributed by atoms with Crippen LogP contribution in [0, 0.1) is 11.3 Å². The number of carboxylic acid groups (broad SMARTS) is 1. The van der Waals surface area contributed by atoms with Gasteiger partial charge in [0.15, 0.2) is 5.78 Å². The maximum atomic E-state index is 11.3. The van der Waals surface area contributed by atoms with E-state index in [1.54, 1.807) is 0 Å². The molecule has 0 radical (unpaired) electrons. The van der Waals surface area contributed by atoms with Crippen molar-refractivity contribution in [2.75, 3.05) is 5.75 Å². The van der Waals surface area contributed by atoms with Crippen molar-refractivity contribution >= 4 is 35.8 Å². The number of Topliss-reactive ketones (excluding diaryl/α,β-unsaturated/α-hetero) is 1. The lowest BCUT2D eigenvalue weighted by atomic mass is 10.2. The summed E-state index contributed by atoms with van der Waals surface area (Å²) in [5, 5.41) is 19.9. The Hall–Kier alpha value is -2.12. The number of nitrogens with zero attached hydrogens (tertiary/aromatic N) is 2. The lowest BCUT2D eigenvalue weighted by Crippen LogP contribution is -2.33. The van der Waals surface area contributed by atoms with E-state index >= 15 is 0 Å². The lowest BCUT2D eigenvalue weighted by Gasteiger charge is -2.09. The molecule has 0 rings (SSSR count). The number of ketones is 1. The predicted octanol–water partition coefficient (Wildman–Crippen LogP) is -1.36. The molecule has 2 amide bonds. The molecule has 10 heteroatoms. The molecule has 0 unspecified atom stereocenters. The molecule has 0 aliphatic heterocycles. The molecule has 0 saturated heterocycles. The standard InChI is InChI=1S/C9H13N5O4S/c10-2-6(19-4-7(11)8(16)17)1-5(15)3-13-14-9(12)18/h3,6-7H,1,4,11H2,(H,16,17)(H3,12,14,18)/b13-3-/t6-,7-/m1/s1. The van der Waals surface area contributed by atoms with Gasteiger partial charge in [0.1, 0.15) is 6.04 Å². The highest BCUT2D eigenvalue weighted by atomic mass is 32.2. The molecular weight excluding hydrogens is 274 g/mol. The fraction of sp³-hybridized carbons (Fsp3) is 0.444. The van der Waals surface area contributed by atoms with Crippen LogP contribution in [0.3, 0.4) is 0 Å². The summed E-state index contributed by atoms with van der Waals surface area (Å²) >= 11 is 0.965. The van der Waals surface area contributed by atoms with Crippen LogP contribution in [0.25, 0.3) is 0 Å². The number of nitrogens with one attached hydrogen (secondary N) is 1. The number of aliphatic carboxylic acids is 1. The third-order valence-electron chi connectivity index (χ3n) is 1.71. The van der Waals surface area contributed by atoms with E-state index in [9.17, 15) is 14.4 Å². The lowest BCUT2D eigenvalue weighted by molar-refractivity contribution is -0.137. The van der Waals surface area contributed by atoms with E-state index in [-0.39, 0.29) is 12.2 Å². The van der Waals surface area contributed by atoms with Crippen LogP contribution in [0.4, 0.5) is 4.79 Å². The van der Waals surface area contributed by atoms with Crippen molar-refractivity contribution in [1.29, 1.82) is 5.26 Å². The normalized spacial score (nSPS) is 13.5. The maximum Gasteiger partial charge on any atom is 0.332 e. The quantitative estimate of drug-likeness (QED) is 0.315. The molecule has 0 aliphatic carbocycles. The molecule has 0 heterocycles. The van der Waals surface area contributed by atoms with E-state index in [4.69, 9.17) is 21.8 Å². The van der Waals surface area contributed by atoms with Gasteiger partial charge in [-0.15, -0.1) is 11.8 Å². The van der Waals surface area contributed by atoms with Gasteiger partial charge in [-0.3, -0.25) is 9.59 Å². The highest BCUT2D eigenvalue weighted by Crippen LogP contribution is 2.14. The van der Waals surface area contributed by atoms with Crippen LogP contribution >= 0.6 is 11.8 Å². The molecule has 9 nitrogen and oxygen atoms in total. The minimum atomic E-state index is -1.18. The maximum absolute atomic E-state index is 11.3.